The Hall–Kier alpha value is -2.32. The highest BCUT2D eigenvalue weighted by atomic mass is 79.9. The lowest BCUT2D eigenvalue weighted by Gasteiger charge is -2.11. The van der Waals surface area contributed by atoms with Crippen LogP contribution in [0.3, 0.4) is 0 Å². The number of carbonyl (C=O) groups excluding carboxylic acids is 1. The molecule has 21 heavy (non-hydrogen) atoms. The van der Waals surface area contributed by atoms with Gasteiger partial charge >= 0.3 is 5.97 Å². The fourth-order valence-corrected chi connectivity index (χ4v) is 2.20. The fourth-order valence-electron chi connectivity index (χ4n) is 1.63. The maximum atomic E-state index is 10.9. The van der Waals surface area contributed by atoms with Crippen molar-refractivity contribution in [2.24, 2.45) is 0 Å². The van der Waals surface area contributed by atoms with Crippen LogP contribution in [0.1, 0.15) is 23.1 Å². The average Bonchev–Trinajstić information content (AvgIpc) is 2.48. The smallest absolute Gasteiger partial charge is 0.304 e. The number of ether oxygens (including phenoxy) is 2. The van der Waals surface area contributed by atoms with Crippen molar-refractivity contribution in [1.82, 2.24) is 0 Å². The molecule has 0 bridgehead atoms. The second-order valence-electron chi connectivity index (χ2n) is 4.23. The Labute approximate surface area is 131 Å². The SMILES string of the molecule is CC(=O)OC(Br)c1ccc(Oc2ccc(C#N)cc2)cc1. The van der Waals surface area contributed by atoms with Crippen molar-refractivity contribution >= 4 is 21.9 Å². The lowest BCUT2D eigenvalue weighted by Crippen LogP contribution is -2.01. The van der Waals surface area contributed by atoms with Crippen LogP contribution < -0.4 is 4.74 Å². The highest BCUT2D eigenvalue weighted by molar-refractivity contribution is 9.09. The molecule has 2 aromatic rings. The second kappa shape index (κ2) is 6.91. The summed E-state index contributed by atoms with van der Waals surface area (Å²) >= 11 is 3.28. The molecule has 2 rings (SSSR count). The summed E-state index contributed by atoms with van der Waals surface area (Å²) in [6, 6.07) is 16.1. The number of hydrogen-bond acceptors (Lipinski definition) is 4. The first kappa shape index (κ1) is 15.1. The summed E-state index contributed by atoms with van der Waals surface area (Å²) in [6.07, 6.45) is 0. The van der Waals surface area contributed by atoms with Crippen molar-refractivity contribution in [1.29, 1.82) is 5.26 Å². The highest BCUT2D eigenvalue weighted by Gasteiger charge is 2.10. The summed E-state index contributed by atoms with van der Waals surface area (Å²) in [5.41, 5.74) is 1.40. The number of esters is 1. The van der Waals surface area contributed by atoms with Gasteiger partial charge in [0.15, 0.2) is 5.01 Å². The average molecular weight is 346 g/mol. The molecule has 1 unspecified atom stereocenters. The topological polar surface area (TPSA) is 59.3 Å². The quantitative estimate of drug-likeness (QED) is 0.612. The van der Waals surface area contributed by atoms with Crippen molar-refractivity contribution in [3.63, 3.8) is 0 Å². The Morgan fingerprint density at radius 2 is 1.62 bits per heavy atom. The van der Waals surface area contributed by atoms with Crippen molar-refractivity contribution in [3.8, 4) is 17.6 Å². The minimum atomic E-state index is -0.473. The minimum absolute atomic E-state index is 0.352. The molecule has 0 saturated carbocycles. The van der Waals surface area contributed by atoms with E-state index < -0.39 is 5.01 Å². The molecule has 0 heterocycles. The zero-order valence-corrected chi connectivity index (χ0v) is 12.8. The lowest BCUT2D eigenvalue weighted by atomic mass is 10.2. The molecule has 4 nitrogen and oxygen atoms in total. The van der Waals surface area contributed by atoms with Gasteiger partial charge in [-0.2, -0.15) is 5.26 Å². The third-order valence-electron chi connectivity index (χ3n) is 2.63. The van der Waals surface area contributed by atoms with E-state index in [0.29, 0.717) is 17.1 Å². The predicted octanol–water partition coefficient (Wildman–Crippen LogP) is 4.31. The van der Waals surface area contributed by atoms with Crippen LogP contribution >= 0.6 is 15.9 Å². The lowest BCUT2D eigenvalue weighted by molar-refractivity contribution is -0.142. The zero-order valence-electron chi connectivity index (χ0n) is 11.2. The van der Waals surface area contributed by atoms with E-state index in [4.69, 9.17) is 14.7 Å². The number of hydrogen-bond donors (Lipinski definition) is 0. The third-order valence-corrected chi connectivity index (χ3v) is 3.35. The van der Waals surface area contributed by atoms with E-state index in [1.807, 2.05) is 0 Å². The van der Waals surface area contributed by atoms with E-state index >= 15 is 0 Å². The van der Waals surface area contributed by atoms with Crippen LogP contribution in [0, 0.1) is 11.3 Å². The fraction of sp³-hybridized carbons (Fsp3) is 0.125. The number of rotatable bonds is 4. The molecule has 0 spiro atoms. The molecular formula is C16H12BrNO3. The molecule has 0 aromatic heterocycles. The summed E-state index contributed by atoms with van der Waals surface area (Å²) in [7, 11) is 0. The number of carbonyl (C=O) groups is 1. The number of alkyl halides is 1. The number of halogens is 1. The molecule has 0 aliphatic carbocycles. The normalized spacial score (nSPS) is 11.3. The maximum Gasteiger partial charge on any atom is 0.304 e. The molecule has 0 N–H and O–H groups in total. The van der Waals surface area contributed by atoms with E-state index in [0.717, 1.165) is 5.56 Å². The van der Waals surface area contributed by atoms with E-state index in [-0.39, 0.29) is 5.97 Å². The molecule has 0 amide bonds. The maximum absolute atomic E-state index is 10.9. The minimum Gasteiger partial charge on any atom is -0.457 e. The highest BCUT2D eigenvalue weighted by Crippen LogP contribution is 2.28. The van der Waals surface area contributed by atoms with Gasteiger partial charge in [0.2, 0.25) is 0 Å². The van der Waals surface area contributed by atoms with Gasteiger partial charge in [-0.1, -0.05) is 12.1 Å². The first-order chi connectivity index (χ1) is 10.1. The van der Waals surface area contributed by atoms with Gasteiger partial charge in [-0.05, 0) is 52.3 Å². The van der Waals surface area contributed by atoms with Gasteiger partial charge in [-0.3, -0.25) is 4.79 Å². The van der Waals surface area contributed by atoms with Crippen molar-refractivity contribution < 1.29 is 14.3 Å². The van der Waals surface area contributed by atoms with Gasteiger partial charge in [0.1, 0.15) is 11.5 Å². The van der Waals surface area contributed by atoms with Gasteiger partial charge in [-0.15, -0.1) is 0 Å². The molecule has 0 aliphatic heterocycles. The number of nitrogens with zero attached hydrogens (tertiary/aromatic N) is 1. The number of benzene rings is 2. The first-order valence-corrected chi connectivity index (χ1v) is 7.09. The van der Waals surface area contributed by atoms with Gasteiger partial charge in [0, 0.05) is 12.5 Å². The standard InChI is InChI=1S/C16H12BrNO3/c1-11(19)20-16(17)13-4-8-15(9-5-13)21-14-6-2-12(10-18)3-7-14/h2-9,16H,1H3. The molecule has 5 heteroatoms. The van der Waals surface area contributed by atoms with Crippen LogP contribution in [0.5, 0.6) is 11.5 Å². The summed E-state index contributed by atoms with van der Waals surface area (Å²) < 4.78 is 10.7. The molecule has 2 aromatic carbocycles. The van der Waals surface area contributed by atoms with Gasteiger partial charge < -0.3 is 9.47 Å². The summed E-state index contributed by atoms with van der Waals surface area (Å²) in [6.45, 7) is 1.36. The Bertz CT molecular complexity index is 659. The van der Waals surface area contributed by atoms with Crippen LogP contribution in [0.25, 0.3) is 0 Å². The second-order valence-corrected chi connectivity index (χ2v) is 5.06. The Morgan fingerprint density at radius 3 is 2.10 bits per heavy atom. The van der Waals surface area contributed by atoms with Crippen LogP contribution in [0.15, 0.2) is 48.5 Å². The number of nitriles is 1. The monoisotopic (exact) mass is 345 g/mol. The van der Waals surface area contributed by atoms with Crippen LogP contribution in [0.2, 0.25) is 0 Å². The van der Waals surface area contributed by atoms with Crippen LogP contribution in [0.4, 0.5) is 0 Å². The Balaban J connectivity index is 2.05. The summed E-state index contributed by atoms with van der Waals surface area (Å²) in [5.74, 6) is 0.956. The zero-order chi connectivity index (χ0) is 15.2. The van der Waals surface area contributed by atoms with Crippen molar-refractivity contribution in [3.05, 3.63) is 59.7 Å². The summed E-state index contributed by atoms with van der Waals surface area (Å²) in [4.78, 5) is 10.9. The van der Waals surface area contributed by atoms with Gasteiger partial charge in [0.25, 0.3) is 0 Å². The molecule has 0 fully saturated rings. The van der Waals surface area contributed by atoms with Crippen molar-refractivity contribution in [2.45, 2.75) is 11.9 Å². The predicted molar refractivity (Wildman–Crippen MR) is 81.1 cm³/mol. The van der Waals surface area contributed by atoms with Crippen LogP contribution in [-0.4, -0.2) is 5.97 Å². The van der Waals surface area contributed by atoms with Crippen molar-refractivity contribution in [2.75, 3.05) is 0 Å². The Kier molecular flexibility index (Phi) is 4.96. The first-order valence-electron chi connectivity index (χ1n) is 6.18. The van der Waals surface area contributed by atoms with Gasteiger partial charge in [-0.25, -0.2) is 0 Å². The van der Waals surface area contributed by atoms with E-state index in [1.54, 1.807) is 48.5 Å². The molecular weight excluding hydrogens is 334 g/mol. The van der Waals surface area contributed by atoms with E-state index in [1.165, 1.54) is 6.92 Å². The molecule has 0 saturated heterocycles. The molecule has 0 radical (unpaired) electrons. The Morgan fingerprint density at radius 1 is 1.10 bits per heavy atom. The van der Waals surface area contributed by atoms with E-state index in [2.05, 4.69) is 22.0 Å². The molecule has 1 atom stereocenters. The summed E-state index contributed by atoms with van der Waals surface area (Å²) in [5, 5.41) is 8.26. The molecule has 0 aliphatic rings. The van der Waals surface area contributed by atoms with Gasteiger partial charge in [0.05, 0.1) is 11.6 Å². The molecule has 106 valence electrons. The third kappa shape index (κ3) is 4.33. The largest absolute Gasteiger partial charge is 0.457 e. The van der Waals surface area contributed by atoms with Crippen LogP contribution in [-0.2, 0) is 9.53 Å². The van der Waals surface area contributed by atoms with E-state index in [9.17, 15) is 4.79 Å².